The minimum Gasteiger partial charge on any atom is -0.358 e. The summed E-state index contributed by atoms with van der Waals surface area (Å²) < 4.78 is 0. The molecule has 1 aromatic rings. The Kier molecular flexibility index (Phi) is 3.08. The topological polar surface area (TPSA) is 62.3 Å². The maximum absolute atomic E-state index is 11.8. The number of pyridine rings is 1. The van der Waals surface area contributed by atoms with Crippen molar-refractivity contribution in [1.29, 1.82) is 0 Å². The summed E-state index contributed by atoms with van der Waals surface area (Å²) >= 11 is 0. The molecule has 90 valence electrons. The van der Waals surface area contributed by atoms with Crippen LogP contribution in [0, 0.1) is 6.92 Å². The van der Waals surface area contributed by atoms with Crippen molar-refractivity contribution in [2.45, 2.75) is 25.8 Å². The Morgan fingerprint density at radius 3 is 2.82 bits per heavy atom. The zero-order valence-corrected chi connectivity index (χ0v) is 9.93. The van der Waals surface area contributed by atoms with Crippen LogP contribution in [0.2, 0.25) is 0 Å². The fourth-order valence-electron chi connectivity index (χ4n) is 1.78. The molecule has 1 aromatic heterocycles. The van der Waals surface area contributed by atoms with E-state index in [1.165, 1.54) is 11.9 Å². The second kappa shape index (κ2) is 4.53. The molecule has 1 saturated heterocycles. The summed E-state index contributed by atoms with van der Waals surface area (Å²) in [6.45, 7) is 1.95. The van der Waals surface area contributed by atoms with Crippen molar-refractivity contribution >= 4 is 17.6 Å². The van der Waals surface area contributed by atoms with Crippen molar-refractivity contribution in [3.8, 4) is 0 Å². The molecule has 1 aliphatic rings. The van der Waals surface area contributed by atoms with Crippen molar-refractivity contribution in [3.05, 3.63) is 23.9 Å². The van der Waals surface area contributed by atoms with Gasteiger partial charge < -0.3 is 5.32 Å². The number of nitrogens with zero attached hydrogens (tertiary/aromatic N) is 2. The number of rotatable bonds is 2. The molecule has 0 aromatic carbocycles. The van der Waals surface area contributed by atoms with Crippen molar-refractivity contribution in [2.75, 3.05) is 12.4 Å². The van der Waals surface area contributed by atoms with Crippen LogP contribution in [0.15, 0.2) is 18.3 Å². The van der Waals surface area contributed by atoms with E-state index in [1.807, 2.05) is 19.1 Å². The highest BCUT2D eigenvalue weighted by Crippen LogP contribution is 2.15. The second-order valence-electron chi connectivity index (χ2n) is 4.25. The van der Waals surface area contributed by atoms with Gasteiger partial charge in [-0.15, -0.1) is 0 Å². The zero-order valence-electron chi connectivity index (χ0n) is 9.93. The number of carbonyl (C=O) groups is 2. The molecule has 1 unspecified atom stereocenters. The normalized spacial score (nSPS) is 20.6. The number of nitrogens with one attached hydrogen (secondary N) is 1. The number of aromatic nitrogens is 1. The molecule has 5 heteroatoms. The zero-order chi connectivity index (χ0) is 12.4. The van der Waals surface area contributed by atoms with Crippen LogP contribution in [0.3, 0.4) is 0 Å². The number of hydrogen-bond acceptors (Lipinski definition) is 4. The van der Waals surface area contributed by atoms with E-state index in [9.17, 15) is 9.59 Å². The average Bonchev–Trinajstić information content (AvgIpc) is 2.33. The molecule has 1 aliphatic heterocycles. The van der Waals surface area contributed by atoms with Gasteiger partial charge in [-0.05, 0) is 25.0 Å². The van der Waals surface area contributed by atoms with Crippen molar-refractivity contribution in [2.24, 2.45) is 0 Å². The van der Waals surface area contributed by atoms with Crippen LogP contribution >= 0.6 is 0 Å². The monoisotopic (exact) mass is 233 g/mol. The first-order chi connectivity index (χ1) is 8.08. The molecule has 2 amide bonds. The Bertz CT molecular complexity index is 442. The smallest absolute Gasteiger partial charge is 0.251 e. The van der Waals surface area contributed by atoms with E-state index < -0.39 is 0 Å². The predicted molar refractivity (Wildman–Crippen MR) is 63.4 cm³/mol. The second-order valence-corrected chi connectivity index (χ2v) is 4.25. The number of hydrogen-bond donors (Lipinski definition) is 1. The molecule has 1 N–H and O–H groups in total. The highest BCUT2D eigenvalue weighted by atomic mass is 16.2. The molecule has 17 heavy (non-hydrogen) atoms. The lowest BCUT2D eigenvalue weighted by Crippen LogP contribution is -2.48. The molecule has 1 atom stereocenters. The Balaban J connectivity index is 2.06. The van der Waals surface area contributed by atoms with E-state index in [-0.39, 0.29) is 17.9 Å². The lowest BCUT2D eigenvalue weighted by atomic mass is 10.0. The van der Waals surface area contributed by atoms with Gasteiger partial charge in [-0.1, -0.05) is 6.07 Å². The summed E-state index contributed by atoms with van der Waals surface area (Å²) in [6.07, 6.45) is 2.66. The minimum absolute atomic E-state index is 0.120. The summed E-state index contributed by atoms with van der Waals surface area (Å²) in [6, 6.07) is 3.41. The molecule has 2 heterocycles. The lowest BCUT2D eigenvalue weighted by Gasteiger charge is -2.28. The van der Waals surface area contributed by atoms with Crippen LogP contribution in [0.5, 0.6) is 0 Å². The number of aryl methyl sites for hydroxylation is 1. The summed E-state index contributed by atoms with van der Waals surface area (Å²) in [4.78, 5) is 28.5. The number of carbonyl (C=O) groups excluding carboxylic acids is 2. The number of likely N-dealkylation sites (N-methyl/N-ethyl adjacent to an activating group) is 1. The fourth-order valence-corrected chi connectivity index (χ4v) is 1.78. The van der Waals surface area contributed by atoms with Crippen molar-refractivity contribution < 1.29 is 9.59 Å². The number of imide groups is 1. The van der Waals surface area contributed by atoms with Crippen LogP contribution in [-0.2, 0) is 9.59 Å². The van der Waals surface area contributed by atoms with E-state index in [0.717, 1.165) is 5.56 Å². The Hall–Kier alpha value is -1.91. The third kappa shape index (κ3) is 2.43. The highest BCUT2D eigenvalue weighted by Gasteiger charge is 2.31. The highest BCUT2D eigenvalue weighted by molar-refractivity contribution is 6.01. The van der Waals surface area contributed by atoms with Gasteiger partial charge in [-0.2, -0.15) is 0 Å². The number of likely N-dealkylation sites (tertiary alicyclic amines) is 1. The molecule has 0 bridgehead atoms. The van der Waals surface area contributed by atoms with E-state index in [0.29, 0.717) is 18.7 Å². The van der Waals surface area contributed by atoms with Crippen molar-refractivity contribution in [1.82, 2.24) is 9.88 Å². The maximum Gasteiger partial charge on any atom is 0.251 e. The summed E-state index contributed by atoms with van der Waals surface area (Å²) in [5.41, 5.74) is 1.07. The van der Waals surface area contributed by atoms with Gasteiger partial charge in [0, 0.05) is 19.7 Å². The van der Waals surface area contributed by atoms with Crippen LogP contribution in [-0.4, -0.2) is 34.8 Å². The van der Waals surface area contributed by atoms with Gasteiger partial charge in [0.25, 0.3) is 5.91 Å². The first kappa shape index (κ1) is 11.6. The van der Waals surface area contributed by atoms with Gasteiger partial charge in [0.2, 0.25) is 5.91 Å². The third-order valence-corrected chi connectivity index (χ3v) is 2.88. The molecule has 5 nitrogen and oxygen atoms in total. The molecule has 0 saturated carbocycles. The molecule has 0 aliphatic carbocycles. The number of anilines is 1. The summed E-state index contributed by atoms with van der Waals surface area (Å²) in [7, 11) is 1.51. The predicted octanol–water partition coefficient (Wildman–Crippen LogP) is 0.949. The van der Waals surface area contributed by atoms with Gasteiger partial charge in [0.15, 0.2) is 0 Å². The van der Waals surface area contributed by atoms with Crippen LogP contribution in [0.1, 0.15) is 18.4 Å². The molecule has 0 spiro atoms. The summed E-state index contributed by atoms with van der Waals surface area (Å²) in [5, 5.41) is 3.05. The van der Waals surface area contributed by atoms with Gasteiger partial charge in [0.1, 0.15) is 11.9 Å². The fraction of sp³-hybridized carbons (Fsp3) is 0.417. The number of piperidine rings is 1. The summed E-state index contributed by atoms with van der Waals surface area (Å²) in [5.74, 6) is 0.352. The Morgan fingerprint density at radius 1 is 1.41 bits per heavy atom. The van der Waals surface area contributed by atoms with E-state index in [1.54, 1.807) is 6.20 Å². The molecule has 1 fully saturated rings. The van der Waals surface area contributed by atoms with E-state index >= 15 is 0 Å². The maximum atomic E-state index is 11.8. The average molecular weight is 233 g/mol. The lowest BCUT2D eigenvalue weighted by molar-refractivity contribution is -0.146. The first-order valence-corrected chi connectivity index (χ1v) is 5.57. The quantitative estimate of drug-likeness (QED) is 0.772. The van der Waals surface area contributed by atoms with Crippen LogP contribution < -0.4 is 5.32 Å². The molecule has 0 radical (unpaired) electrons. The largest absolute Gasteiger partial charge is 0.358 e. The first-order valence-electron chi connectivity index (χ1n) is 5.57. The molecular formula is C12H15N3O2. The van der Waals surface area contributed by atoms with Crippen molar-refractivity contribution in [3.63, 3.8) is 0 Å². The van der Waals surface area contributed by atoms with Crippen LogP contribution in [0.25, 0.3) is 0 Å². The Labute approximate surface area is 99.8 Å². The van der Waals surface area contributed by atoms with Crippen LogP contribution in [0.4, 0.5) is 5.82 Å². The van der Waals surface area contributed by atoms with Gasteiger partial charge in [0.05, 0.1) is 0 Å². The number of amides is 2. The standard InChI is InChI=1S/C12H15N3O2/c1-8-3-5-10(13-7-8)14-9-4-6-11(16)15(2)12(9)17/h3,5,7,9H,4,6H2,1-2H3,(H,13,14). The SMILES string of the molecule is Cc1ccc(NC2CCC(=O)N(C)C2=O)nc1. The third-order valence-electron chi connectivity index (χ3n) is 2.88. The van der Waals surface area contributed by atoms with E-state index in [4.69, 9.17) is 0 Å². The van der Waals surface area contributed by atoms with Gasteiger partial charge in [-0.25, -0.2) is 4.98 Å². The minimum atomic E-state index is -0.354. The molecule has 2 rings (SSSR count). The van der Waals surface area contributed by atoms with Gasteiger partial charge >= 0.3 is 0 Å². The van der Waals surface area contributed by atoms with E-state index in [2.05, 4.69) is 10.3 Å². The Morgan fingerprint density at radius 2 is 2.18 bits per heavy atom. The molecular weight excluding hydrogens is 218 g/mol. The van der Waals surface area contributed by atoms with Gasteiger partial charge in [-0.3, -0.25) is 14.5 Å².